The molecule has 1 aromatic carbocycles. The van der Waals surface area contributed by atoms with Crippen molar-refractivity contribution in [3.05, 3.63) is 35.6 Å². The number of aliphatic hydroxyl groups is 4. The first-order chi connectivity index (χ1) is 29.3. The van der Waals surface area contributed by atoms with Gasteiger partial charge in [0, 0.05) is 44.6 Å². The summed E-state index contributed by atoms with van der Waals surface area (Å²) >= 11 is 0. The lowest BCUT2D eigenvalue weighted by atomic mass is 9.77. The fourth-order valence-electron chi connectivity index (χ4n) is 9.88. The van der Waals surface area contributed by atoms with Crippen LogP contribution in [0, 0.1) is 23.6 Å². The van der Waals surface area contributed by atoms with Crippen molar-refractivity contribution < 1.29 is 67.6 Å². The van der Waals surface area contributed by atoms with Gasteiger partial charge >= 0.3 is 12.1 Å². The highest BCUT2D eigenvalue weighted by Crippen LogP contribution is 2.41. The Morgan fingerprint density at radius 2 is 1.62 bits per heavy atom. The summed E-state index contributed by atoms with van der Waals surface area (Å²) in [6.45, 7) is 17.9. The lowest BCUT2D eigenvalue weighted by Crippen LogP contribution is -2.61. The van der Waals surface area contributed by atoms with Crippen LogP contribution in [-0.2, 0) is 44.5 Å². The van der Waals surface area contributed by atoms with Crippen LogP contribution in [0.5, 0.6) is 0 Å². The molecule has 17 heteroatoms. The Labute approximate surface area is 374 Å². The van der Waals surface area contributed by atoms with Crippen molar-refractivity contribution in [2.75, 3.05) is 34.8 Å². The number of nitrogens with one attached hydrogen (secondary N) is 1. The number of likely N-dealkylation sites (N-methyl/N-ethyl adjacent to an activating group) is 2. The van der Waals surface area contributed by atoms with E-state index in [2.05, 4.69) is 5.32 Å². The minimum atomic E-state index is -1.85. The largest absolute Gasteiger partial charge is 0.459 e. The van der Waals surface area contributed by atoms with Crippen molar-refractivity contribution in [2.45, 2.75) is 192 Å². The third kappa shape index (κ3) is 12.9. The molecule has 0 bridgehead atoms. The lowest BCUT2D eigenvalue weighted by molar-refractivity contribution is -0.317. The smallest absolute Gasteiger partial charge is 0.407 e. The lowest BCUT2D eigenvalue weighted by Gasteiger charge is -2.49. The fraction of sp³-hybridized carbons (Fsp3) is 0.826. The van der Waals surface area contributed by atoms with Gasteiger partial charge in [0.1, 0.15) is 35.3 Å². The molecule has 0 radical (unpaired) electrons. The average molecular weight is 900 g/mol. The second kappa shape index (κ2) is 21.8. The summed E-state index contributed by atoms with van der Waals surface area (Å²) in [5, 5.41) is 50.5. The quantitative estimate of drug-likeness (QED) is 0.211. The van der Waals surface area contributed by atoms with Crippen molar-refractivity contribution in [3.8, 4) is 0 Å². The van der Waals surface area contributed by atoms with Crippen LogP contribution in [0.3, 0.4) is 0 Å². The first kappa shape index (κ1) is 53.1. The standard InChI is InChI=1S/C46H78FN3O13/c1-15-34-46(10,56)38(52)29(6)50(13)24-25(2)21-44(8,55)39(62-42-36(51)33(49(11)12)20-26(3)58-42)27(4)37(28(5)41(53)60-34)61-35-22-45(9,57-14)40(30(7)59-35)63-43(54)48-23-31-16-18-32(47)19-17-31/h16-19,25-30,33-40,42,51-52,55-56H,15,20-24H2,1-14H3,(H,48,54)/t25-,26-,27+,28-,29-,30+,33+,34-,35+,36-,37+,38-,39-,40+,42+,44+,45-,46-/m1/s1. The molecule has 3 aliphatic rings. The molecular formula is C46H78FN3O13. The zero-order valence-corrected chi connectivity index (χ0v) is 39.9. The number of hydrogen-bond acceptors (Lipinski definition) is 15. The molecule has 4 rings (SSSR count). The van der Waals surface area contributed by atoms with Gasteiger partial charge in [-0.1, -0.05) is 32.9 Å². The number of nitrogens with zero attached hydrogens (tertiary/aromatic N) is 2. The van der Waals surface area contributed by atoms with Crippen molar-refractivity contribution in [1.82, 2.24) is 15.1 Å². The first-order valence-electron chi connectivity index (χ1n) is 22.5. The first-order valence-corrected chi connectivity index (χ1v) is 22.5. The number of rotatable bonds is 10. The molecule has 0 unspecified atom stereocenters. The van der Waals surface area contributed by atoms with E-state index in [1.807, 2.05) is 44.8 Å². The van der Waals surface area contributed by atoms with Crippen LogP contribution < -0.4 is 5.32 Å². The van der Waals surface area contributed by atoms with Gasteiger partial charge in [-0.05, 0) is 112 Å². The molecule has 16 nitrogen and oxygen atoms in total. The molecule has 3 heterocycles. The molecule has 3 aliphatic heterocycles. The van der Waals surface area contributed by atoms with E-state index in [4.69, 9.17) is 33.2 Å². The maximum atomic E-state index is 14.5. The minimum Gasteiger partial charge on any atom is -0.459 e. The maximum absolute atomic E-state index is 14.5. The summed E-state index contributed by atoms with van der Waals surface area (Å²) in [6, 6.07) is 4.83. The highest BCUT2D eigenvalue weighted by atomic mass is 19.1. The number of cyclic esters (lactones) is 1. The molecule has 3 fully saturated rings. The number of carbonyl (C=O) groups excluding carboxylic acids is 2. The molecule has 3 saturated heterocycles. The van der Waals surface area contributed by atoms with Crippen LogP contribution >= 0.6 is 0 Å². The predicted octanol–water partition coefficient (Wildman–Crippen LogP) is 3.97. The Kier molecular flexibility index (Phi) is 18.4. The summed E-state index contributed by atoms with van der Waals surface area (Å²) in [6.07, 6.45) is -9.77. The number of hydrogen-bond donors (Lipinski definition) is 5. The zero-order valence-electron chi connectivity index (χ0n) is 39.9. The van der Waals surface area contributed by atoms with E-state index in [-0.39, 0.29) is 43.9 Å². The van der Waals surface area contributed by atoms with Crippen LogP contribution in [0.1, 0.15) is 100 Å². The Bertz CT molecular complexity index is 1620. The van der Waals surface area contributed by atoms with E-state index in [1.54, 1.807) is 60.6 Å². The molecule has 0 aromatic heterocycles. The molecule has 0 saturated carbocycles. The van der Waals surface area contributed by atoms with Gasteiger partial charge in [-0.25, -0.2) is 9.18 Å². The molecule has 1 aromatic rings. The Morgan fingerprint density at radius 1 is 0.984 bits per heavy atom. The topological polar surface area (TPSA) is 198 Å². The maximum Gasteiger partial charge on any atom is 0.407 e. The molecular weight excluding hydrogens is 822 g/mol. The zero-order chi connectivity index (χ0) is 47.4. The van der Waals surface area contributed by atoms with E-state index in [0.717, 1.165) is 0 Å². The van der Waals surface area contributed by atoms with E-state index in [9.17, 15) is 34.4 Å². The summed E-state index contributed by atoms with van der Waals surface area (Å²) in [4.78, 5) is 31.4. The number of ether oxygens (including phenoxy) is 7. The molecule has 1 amide bonds. The van der Waals surface area contributed by atoms with Crippen molar-refractivity contribution in [2.24, 2.45) is 17.8 Å². The van der Waals surface area contributed by atoms with Gasteiger partial charge in [0.05, 0.1) is 35.9 Å². The highest BCUT2D eigenvalue weighted by molar-refractivity contribution is 5.73. The summed E-state index contributed by atoms with van der Waals surface area (Å²) in [5.41, 5.74) is -3.97. The van der Waals surface area contributed by atoms with Crippen LogP contribution in [-0.4, -0.2) is 167 Å². The Balaban J connectivity index is 1.74. The van der Waals surface area contributed by atoms with Gasteiger partial charge in [0.15, 0.2) is 18.7 Å². The van der Waals surface area contributed by atoms with Crippen LogP contribution in [0.2, 0.25) is 0 Å². The third-order valence-corrected chi connectivity index (χ3v) is 13.7. The van der Waals surface area contributed by atoms with Crippen LogP contribution in [0.15, 0.2) is 24.3 Å². The summed E-state index contributed by atoms with van der Waals surface area (Å²) in [5.74, 6) is -3.23. The number of carbonyl (C=O) groups is 2. The Morgan fingerprint density at radius 3 is 2.21 bits per heavy atom. The molecule has 362 valence electrons. The summed E-state index contributed by atoms with van der Waals surface area (Å²) < 4.78 is 57.7. The second-order valence-corrected chi connectivity index (χ2v) is 19.5. The van der Waals surface area contributed by atoms with E-state index in [1.165, 1.54) is 26.2 Å². The van der Waals surface area contributed by atoms with Gasteiger partial charge in [-0.2, -0.15) is 0 Å². The fourth-order valence-corrected chi connectivity index (χ4v) is 9.88. The monoisotopic (exact) mass is 900 g/mol. The number of esters is 1. The Hall–Kier alpha value is -2.55. The van der Waals surface area contributed by atoms with Crippen LogP contribution in [0.4, 0.5) is 9.18 Å². The normalized spacial score (nSPS) is 42.8. The molecule has 0 spiro atoms. The second-order valence-electron chi connectivity index (χ2n) is 19.5. The number of aliphatic hydroxyl groups excluding tert-OH is 2. The number of methoxy groups -OCH3 is 1. The van der Waals surface area contributed by atoms with Crippen molar-refractivity contribution >= 4 is 12.1 Å². The number of benzene rings is 1. The van der Waals surface area contributed by atoms with Gasteiger partial charge in [0.2, 0.25) is 0 Å². The molecule has 5 N–H and O–H groups in total. The minimum absolute atomic E-state index is 0.0306. The average Bonchev–Trinajstić information content (AvgIpc) is 3.21. The van der Waals surface area contributed by atoms with Gasteiger partial charge in [-0.3, -0.25) is 4.79 Å². The molecule has 63 heavy (non-hydrogen) atoms. The van der Waals surface area contributed by atoms with E-state index >= 15 is 0 Å². The van der Waals surface area contributed by atoms with Gasteiger partial charge in [0.25, 0.3) is 0 Å². The third-order valence-electron chi connectivity index (χ3n) is 13.7. The number of amides is 1. The molecule has 0 aliphatic carbocycles. The highest BCUT2D eigenvalue weighted by Gasteiger charge is 2.53. The van der Waals surface area contributed by atoms with Gasteiger partial charge in [-0.15, -0.1) is 0 Å². The van der Waals surface area contributed by atoms with Gasteiger partial charge < -0.3 is 68.7 Å². The van der Waals surface area contributed by atoms with Crippen LogP contribution in [0.25, 0.3) is 0 Å². The number of halogens is 1. The number of alkyl carbamates (subject to hydrolysis) is 1. The SMILES string of the molecule is CC[C@H]1OC(=O)[C@H](C)[C@@H](O[C@H]2C[C@@](C)(OC)[C@@H](OC(=O)NCc3ccc(F)cc3)[C@H](C)O2)[C@H](C)[C@@H](O[C@@H]2O[C@H](C)C[C@H](N(C)C)[C@H]2O)[C@@](C)(O)C[C@@H](C)CN(C)[C@H](C)[C@@H](O)[C@]1(C)O. The summed E-state index contributed by atoms with van der Waals surface area (Å²) in [7, 11) is 7.05. The van der Waals surface area contributed by atoms with E-state index < -0.39 is 108 Å². The van der Waals surface area contributed by atoms with Crippen molar-refractivity contribution in [1.29, 1.82) is 0 Å². The van der Waals surface area contributed by atoms with E-state index in [0.29, 0.717) is 18.5 Å². The predicted molar refractivity (Wildman–Crippen MR) is 232 cm³/mol. The van der Waals surface area contributed by atoms with Crippen molar-refractivity contribution in [3.63, 3.8) is 0 Å². The molecule has 18 atom stereocenters.